The molecule has 1 saturated carbocycles. The molecule has 1 rings (SSSR count). The highest BCUT2D eigenvalue weighted by Crippen LogP contribution is 2.36. The van der Waals surface area contributed by atoms with Crippen molar-refractivity contribution in [3.8, 4) is 0 Å². The van der Waals surface area contributed by atoms with Crippen molar-refractivity contribution >= 4 is 11.9 Å². The highest BCUT2D eigenvalue weighted by Gasteiger charge is 2.40. The molecule has 0 aromatic heterocycles. The van der Waals surface area contributed by atoms with Crippen LogP contribution in [0.4, 0.5) is 0 Å². The second-order valence-corrected chi connectivity index (χ2v) is 5.06. The summed E-state index contributed by atoms with van der Waals surface area (Å²) in [6.45, 7) is 4.02. The minimum atomic E-state index is -0.884. The topological polar surface area (TPSA) is 86.6 Å². The molecule has 1 aliphatic carbocycles. The van der Waals surface area contributed by atoms with Gasteiger partial charge in [0.2, 0.25) is 5.91 Å². The number of nitrogens with one attached hydrogen (secondary N) is 1. The summed E-state index contributed by atoms with van der Waals surface area (Å²) in [5.74, 6) is -1.77. The maximum Gasteiger partial charge on any atom is 0.307 e. The third-order valence-corrected chi connectivity index (χ3v) is 3.31. The highest BCUT2D eigenvalue weighted by molar-refractivity contribution is 5.85. The van der Waals surface area contributed by atoms with Gasteiger partial charge in [0, 0.05) is 6.54 Å². The summed E-state index contributed by atoms with van der Waals surface area (Å²) >= 11 is 0. The van der Waals surface area contributed by atoms with E-state index in [-0.39, 0.29) is 11.8 Å². The first-order valence-electron chi connectivity index (χ1n) is 6.10. The molecule has 1 fully saturated rings. The lowest BCUT2D eigenvalue weighted by Gasteiger charge is -2.15. The molecule has 5 nitrogen and oxygen atoms in total. The van der Waals surface area contributed by atoms with Gasteiger partial charge in [-0.25, -0.2) is 0 Å². The Morgan fingerprint density at radius 3 is 2.47 bits per heavy atom. The van der Waals surface area contributed by atoms with Gasteiger partial charge in [-0.3, -0.25) is 9.59 Å². The zero-order valence-corrected chi connectivity index (χ0v) is 10.3. The van der Waals surface area contributed by atoms with Gasteiger partial charge in [-0.1, -0.05) is 6.92 Å². The first-order chi connectivity index (χ1) is 7.91. The summed E-state index contributed by atoms with van der Waals surface area (Å²) in [7, 11) is 0. The van der Waals surface area contributed by atoms with Gasteiger partial charge in [0.25, 0.3) is 0 Å². The second kappa shape index (κ2) is 6.00. The summed E-state index contributed by atoms with van der Waals surface area (Å²) in [5.41, 5.74) is 0. The maximum absolute atomic E-state index is 11.8. The Bertz CT molecular complexity index is 290. The molecule has 3 N–H and O–H groups in total. The number of aliphatic carboxylic acids is 1. The molecule has 2 unspecified atom stereocenters. The van der Waals surface area contributed by atoms with Gasteiger partial charge < -0.3 is 15.5 Å². The number of aliphatic hydroxyl groups is 1. The predicted octanol–water partition coefficient (Wildman–Crippen LogP) is 0.620. The zero-order chi connectivity index (χ0) is 13.0. The Kier molecular flexibility index (Phi) is 4.93. The van der Waals surface area contributed by atoms with Crippen LogP contribution in [0.1, 0.15) is 33.1 Å². The number of carbonyl (C=O) groups is 2. The van der Waals surface area contributed by atoms with Crippen LogP contribution in [0.25, 0.3) is 0 Å². The van der Waals surface area contributed by atoms with Crippen molar-refractivity contribution in [3.05, 3.63) is 0 Å². The summed E-state index contributed by atoms with van der Waals surface area (Å²) in [5, 5.41) is 20.8. The van der Waals surface area contributed by atoms with E-state index in [2.05, 4.69) is 5.32 Å². The van der Waals surface area contributed by atoms with Crippen LogP contribution in [0.5, 0.6) is 0 Å². The Morgan fingerprint density at radius 2 is 1.94 bits per heavy atom. The zero-order valence-electron chi connectivity index (χ0n) is 10.3. The van der Waals surface area contributed by atoms with Crippen LogP contribution in [-0.4, -0.2) is 34.7 Å². The Balaban J connectivity index is 2.47. The lowest BCUT2D eigenvalue weighted by Crippen LogP contribution is -2.36. The first-order valence-corrected chi connectivity index (χ1v) is 6.10. The number of rotatable bonds is 5. The van der Waals surface area contributed by atoms with E-state index in [4.69, 9.17) is 10.2 Å². The van der Waals surface area contributed by atoms with E-state index in [1.807, 2.05) is 6.92 Å². The highest BCUT2D eigenvalue weighted by atomic mass is 16.4. The standard InChI is InChI=1S/C12H21NO4/c1-7-5-9(10(6-7)12(16)17)11(15)13-4-3-8(2)14/h7-10,14H,3-6H2,1-2H3,(H,13,15)(H,16,17)/t7?,8?,9-,10+/m0/s1. The van der Waals surface area contributed by atoms with Crippen molar-refractivity contribution in [1.29, 1.82) is 0 Å². The molecule has 5 heteroatoms. The fourth-order valence-corrected chi connectivity index (χ4v) is 2.39. The number of carbonyl (C=O) groups excluding carboxylic acids is 1. The first kappa shape index (κ1) is 14.0. The minimum Gasteiger partial charge on any atom is -0.481 e. The second-order valence-electron chi connectivity index (χ2n) is 5.06. The number of amides is 1. The average Bonchev–Trinajstić information content (AvgIpc) is 2.59. The van der Waals surface area contributed by atoms with Crippen LogP contribution >= 0.6 is 0 Å². The SMILES string of the molecule is CC(O)CCNC(=O)[C@H]1CC(C)C[C@H]1C(=O)O. The molecule has 0 radical (unpaired) electrons. The molecule has 0 aliphatic heterocycles. The van der Waals surface area contributed by atoms with Crippen LogP contribution < -0.4 is 5.32 Å². The quantitative estimate of drug-likeness (QED) is 0.660. The van der Waals surface area contributed by atoms with Gasteiger partial charge in [0.1, 0.15) is 0 Å². The summed E-state index contributed by atoms with van der Waals surface area (Å²) in [6, 6.07) is 0. The van der Waals surface area contributed by atoms with E-state index in [0.29, 0.717) is 25.8 Å². The van der Waals surface area contributed by atoms with Crippen LogP contribution in [0.3, 0.4) is 0 Å². The molecule has 1 amide bonds. The molecule has 0 heterocycles. The molecular weight excluding hydrogens is 222 g/mol. The average molecular weight is 243 g/mol. The molecule has 0 aromatic carbocycles. The van der Waals surface area contributed by atoms with E-state index in [0.717, 1.165) is 0 Å². The smallest absolute Gasteiger partial charge is 0.307 e. The third kappa shape index (κ3) is 4.00. The molecule has 0 bridgehead atoms. The Labute approximate surface area is 101 Å². The van der Waals surface area contributed by atoms with E-state index in [1.165, 1.54) is 0 Å². The van der Waals surface area contributed by atoms with Crippen LogP contribution in [0.2, 0.25) is 0 Å². The van der Waals surface area contributed by atoms with Crippen LogP contribution in [0, 0.1) is 17.8 Å². The molecule has 0 spiro atoms. The van der Waals surface area contributed by atoms with Crippen LogP contribution in [-0.2, 0) is 9.59 Å². The fourth-order valence-electron chi connectivity index (χ4n) is 2.39. The lowest BCUT2D eigenvalue weighted by molar-refractivity contribution is -0.146. The normalized spacial score (nSPS) is 29.9. The molecule has 98 valence electrons. The number of hydrogen-bond donors (Lipinski definition) is 3. The van der Waals surface area contributed by atoms with Crippen molar-refractivity contribution in [2.75, 3.05) is 6.54 Å². The lowest BCUT2D eigenvalue weighted by atomic mass is 9.95. The molecule has 17 heavy (non-hydrogen) atoms. The van der Waals surface area contributed by atoms with E-state index < -0.39 is 23.9 Å². The molecule has 0 aromatic rings. The number of hydrogen-bond acceptors (Lipinski definition) is 3. The van der Waals surface area contributed by atoms with Gasteiger partial charge in [0.15, 0.2) is 0 Å². The van der Waals surface area contributed by atoms with Gasteiger partial charge in [-0.2, -0.15) is 0 Å². The van der Waals surface area contributed by atoms with Crippen molar-refractivity contribution in [2.45, 2.75) is 39.2 Å². The number of carboxylic acids is 1. The van der Waals surface area contributed by atoms with E-state index >= 15 is 0 Å². The van der Waals surface area contributed by atoms with Crippen molar-refractivity contribution in [2.24, 2.45) is 17.8 Å². The predicted molar refractivity (Wildman–Crippen MR) is 62.3 cm³/mol. The number of carboxylic acid groups (broad SMARTS) is 1. The van der Waals surface area contributed by atoms with Crippen molar-refractivity contribution < 1.29 is 19.8 Å². The van der Waals surface area contributed by atoms with Crippen LogP contribution in [0.15, 0.2) is 0 Å². The molecule has 4 atom stereocenters. The molecule has 0 saturated heterocycles. The van der Waals surface area contributed by atoms with Gasteiger partial charge in [0.05, 0.1) is 17.9 Å². The fraction of sp³-hybridized carbons (Fsp3) is 0.833. The monoisotopic (exact) mass is 243 g/mol. The third-order valence-electron chi connectivity index (χ3n) is 3.31. The minimum absolute atomic E-state index is 0.192. The number of aliphatic hydroxyl groups excluding tert-OH is 1. The summed E-state index contributed by atoms with van der Waals surface area (Å²) in [6.07, 6.45) is 1.25. The summed E-state index contributed by atoms with van der Waals surface area (Å²) < 4.78 is 0. The summed E-state index contributed by atoms with van der Waals surface area (Å²) in [4.78, 5) is 22.9. The van der Waals surface area contributed by atoms with Gasteiger partial charge in [-0.05, 0) is 32.1 Å². The van der Waals surface area contributed by atoms with Crippen molar-refractivity contribution in [3.63, 3.8) is 0 Å². The Morgan fingerprint density at radius 1 is 1.35 bits per heavy atom. The largest absolute Gasteiger partial charge is 0.481 e. The maximum atomic E-state index is 11.8. The van der Waals surface area contributed by atoms with E-state index in [9.17, 15) is 9.59 Å². The van der Waals surface area contributed by atoms with Gasteiger partial charge >= 0.3 is 5.97 Å². The Hall–Kier alpha value is -1.10. The molecular formula is C12H21NO4. The molecule has 1 aliphatic rings. The van der Waals surface area contributed by atoms with Crippen molar-refractivity contribution in [1.82, 2.24) is 5.32 Å². The van der Waals surface area contributed by atoms with Gasteiger partial charge in [-0.15, -0.1) is 0 Å². The van der Waals surface area contributed by atoms with E-state index in [1.54, 1.807) is 6.92 Å².